The van der Waals surface area contributed by atoms with Crippen LogP contribution in [-0.4, -0.2) is 32.5 Å². The SMILES string of the molecule is O=C(Nc1cccc2[nH]c(-c3c(NC[C@H](O)c4ccccc4)cc[nH]c3=O)nc12)c1ccccc1F. The lowest BCUT2D eigenvalue weighted by atomic mass is 10.1. The average Bonchev–Trinajstić information content (AvgIpc) is 3.33. The van der Waals surface area contributed by atoms with E-state index in [9.17, 15) is 19.1 Å². The first-order valence-electron chi connectivity index (χ1n) is 11.2. The first kappa shape index (κ1) is 23.0. The summed E-state index contributed by atoms with van der Waals surface area (Å²) in [5.74, 6) is -0.967. The van der Waals surface area contributed by atoms with Gasteiger partial charge in [0.05, 0.1) is 28.6 Å². The second-order valence-electron chi connectivity index (χ2n) is 8.12. The number of halogens is 1. The minimum absolute atomic E-state index is 0.0896. The minimum atomic E-state index is -0.783. The smallest absolute Gasteiger partial charge is 0.261 e. The van der Waals surface area contributed by atoms with Crippen LogP contribution in [0.2, 0.25) is 0 Å². The Bertz CT molecular complexity index is 1600. The molecule has 2 aromatic heterocycles. The summed E-state index contributed by atoms with van der Waals surface area (Å²) in [6.45, 7) is 0.171. The number of aliphatic hydroxyl groups excluding tert-OH is 1. The van der Waals surface area contributed by atoms with Crippen molar-refractivity contribution >= 4 is 28.3 Å². The number of imidazole rings is 1. The molecule has 36 heavy (non-hydrogen) atoms. The molecule has 0 unspecified atom stereocenters. The van der Waals surface area contributed by atoms with Gasteiger partial charge in [-0.05, 0) is 35.9 Å². The van der Waals surface area contributed by atoms with Gasteiger partial charge in [0.15, 0.2) is 0 Å². The number of carbonyl (C=O) groups is 1. The van der Waals surface area contributed by atoms with E-state index in [-0.39, 0.29) is 29.1 Å². The topological polar surface area (TPSA) is 123 Å². The fraction of sp³-hybridized carbons (Fsp3) is 0.0741. The molecule has 0 aliphatic carbocycles. The molecule has 1 atom stereocenters. The summed E-state index contributed by atoms with van der Waals surface area (Å²) in [5.41, 5.74) is 2.36. The number of pyridine rings is 1. The molecule has 0 aliphatic heterocycles. The number of fused-ring (bicyclic) bond motifs is 1. The first-order valence-corrected chi connectivity index (χ1v) is 11.2. The molecule has 0 saturated heterocycles. The molecule has 0 radical (unpaired) electrons. The number of nitrogens with one attached hydrogen (secondary N) is 4. The van der Waals surface area contributed by atoms with Gasteiger partial charge in [0.1, 0.15) is 22.7 Å². The number of anilines is 2. The van der Waals surface area contributed by atoms with Gasteiger partial charge in [-0.3, -0.25) is 9.59 Å². The lowest BCUT2D eigenvalue weighted by Crippen LogP contribution is -2.17. The summed E-state index contributed by atoms with van der Waals surface area (Å²) in [6, 6.07) is 21.7. The van der Waals surface area contributed by atoms with Crippen LogP contribution in [-0.2, 0) is 0 Å². The van der Waals surface area contributed by atoms with Gasteiger partial charge in [0.25, 0.3) is 11.5 Å². The number of aliphatic hydroxyl groups is 1. The van der Waals surface area contributed by atoms with Crippen LogP contribution in [0.4, 0.5) is 15.8 Å². The molecule has 9 heteroatoms. The number of aromatic amines is 2. The van der Waals surface area contributed by atoms with Gasteiger partial charge in [-0.15, -0.1) is 0 Å². The highest BCUT2D eigenvalue weighted by molar-refractivity contribution is 6.08. The molecule has 0 saturated carbocycles. The molecule has 180 valence electrons. The van der Waals surface area contributed by atoms with Crippen LogP contribution in [0.15, 0.2) is 89.9 Å². The van der Waals surface area contributed by atoms with Crippen molar-refractivity contribution in [1.29, 1.82) is 0 Å². The van der Waals surface area contributed by atoms with Crippen LogP contribution < -0.4 is 16.2 Å². The first-order chi connectivity index (χ1) is 17.5. The molecule has 5 rings (SSSR count). The van der Waals surface area contributed by atoms with Crippen LogP contribution in [0, 0.1) is 5.82 Å². The Hall–Kier alpha value is -4.76. The zero-order valence-electron chi connectivity index (χ0n) is 19.0. The molecule has 0 bridgehead atoms. The fourth-order valence-corrected chi connectivity index (χ4v) is 3.95. The van der Waals surface area contributed by atoms with Crippen LogP contribution in [0.5, 0.6) is 0 Å². The molecule has 3 aromatic carbocycles. The van der Waals surface area contributed by atoms with E-state index in [2.05, 4.69) is 25.6 Å². The number of benzene rings is 3. The van der Waals surface area contributed by atoms with E-state index in [1.165, 1.54) is 24.4 Å². The van der Waals surface area contributed by atoms with E-state index in [0.717, 1.165) is 5.56 Å². The molecule has 0 aliphatic rings. The predicted octanol–water partition coefficient (Wildman–Crippen LogP) is 4.46. The Morgan fingerprint density at radius 1 is 0.972 bits per heavy atom. The maximum atomic E-state index is 14.1. The van der Waals surface area contributed by atoms with Gasteiger partial charge in [0, 0.05) is 12.7 Å². The van der Waals surface area contributed by atoms with Crippen molar-refractivity contribution in [2.75, 3.05) is 17.2 Å². The zero-order valence-corrected chi connectivity index (χ0v) is 19.0. The van der Waals surface area contributed by atoms with Crippen LogP contribution in [0.1, 0.15) is 22.0 Å². The molecule has 1 amide bonds. The highest BCUT2D eigenvalue weighted by Gasteiger charge is 2.18. The van der Waals surface area contributed by atoms with Gasteiger partial charge >= 0.3 is 0 Å². The predicted molar refractivity (Wildman–Crippen MR) is 136 cm³/mol. The summed E-state index contributed by atoms with van der Waals surface area (Å²) in [7, 11) is 0. The quantitative estimate of drug-likeness (QED) is 0.234. The van der Waals surface area contributed by atoms with E-state index < -0.39 is 17.8 Å². The van der Waals surface area contributed by atoms with Crippen molar-refractivity contribution < 1.29 is 14.3 Å². The number of carbonyl (C=O) groups excluding carboxylic acids is 1. The summed E-state index contributed by atoms with van der Waals surface area (Å²) in [4.78, 5) is 35.8. The molecule has 0 fully saturated rings. The third-order valence-electron chi connectivity index (χ3n) is 5.75. The fourth-order valence-electron chi connectivity index (χ4n) is 3.95. The Labute approximate surface area is 204 Å². The summed E-state index contributed by atoms with van der Waals surface area (Å²) in [5, 5.41) is 16.3. The van der Waals surface area contributed by atoms with E-state index in [1.54, 1.807) is 30.3 Å². The summed E-state index contributed by atoms with van der Waals surface area (Å²) in [6.07, 6.45) is 0.723. The standard InChI is InChI=1S/C27H22FN5O3/c28-18-10-5-4-9-17(18)26(35)32-21-12-6-11-20-24(21)33-25(31-20)23-19(13-14-29-27(23)36)30-15-22(34)16-7-2-1-3-8-16/h1-14,22,34H,15H2,(H,31,33)(H,32,35)(H2,29,30,36)/t22-/m0/s1. The summed E-state index contributed by atoms with van der Waals surface area (Å²) >= 11 is 0. The molecular formula is C27H22FN5O3. The van der Waals surface area contributed by atoms with Gasteiger partial charge in [0.2, 0.25) is 0 Å². The van der Waals surface area contributed by atoms with Gasteiger partial charge in [-0.25, -0.2) is 9.37 Å². The number of rotatable bonds is 7. The van der Waals surface area contributed by atoms with Crippen LogP contribution in [0.3, 0.4) is 0 Å². The molecule has 2 heterocycles. The Balaban J connectivity index is 1.46. The second kappa shape index (κ2) is 9.85. The molecular weight excluding hydrogens is 461 g/mol. The zero-order chi connectivity index (χ0) is 25.1. The number of H-pyrrole nitrogens is 2. The molecule has 5 aromatic rings. The van der Waals surface area contributed by atoms with Gasteiger partial charge in [-0.1, -0.05) is 48.5 Å². The van der Waals surface area contributed by atoms with Crippen LogP contribution in [0.25, 0.3) is 22.4 Å². The van der Waals surface area contributed by atoms with E-state index in [0.29, 0.717) is 22.4 Å². The van der Waals surface area contributed by atoms with Crippen molar-refractivity contribution in [3.63, 3.8) is 0 Å². The number of para-hydroxylation sites is 1. The molecule has 0 spiro atoms. The average molecular weight is 484 g/mol. The third-order valence-corrected chi connectivity index (χ3v) is 5.75. The van der Waals surface area contributed by atoms with E-state index >= 15 is 0 Å². The normalized spacial score (nSPS) is 11.8. The van der Waals surface area contributed by atoms with Crippen molar-refractivity contribution in [2.24, 2.45) is 0 Å². The number of nitrogens with zero attached hydrogens (tertiary/aromatic N) is 1. The van der Waals surface area contributed by atoms with Crippen molar-refractivity contribution in [2.45, 2.75) is 6.10 Å². The van der Waals surface area contributed by atoms with E-state index in [4.69, 9.17) is 0 Å². The number of hydrogen-bond acceptors (Lipinski definition) is 5. The minimum Gasteiger partial charge on any atom is -0.387 e. The van der Waals surface area contributed by atoms with Crippen LogP contribution >= 0.6 is 0 Å². The lowest BCUT2D eigenvalue weighted by Gasteiger charge is -2.14. The highest BCUT2D eigenvalue weighted by Crippen LogP contribution is 2.28. The van der Waals surface area contributed by atoms with Crippen molar-refractivity contribution in [3.8, 4) is 11.4 Å². The summed E-state index contributed by atoms with van der Waals surface area (Å²) < 4.78 is 14.1. The number of hydrogen-bond donors (Lipinski definition) is 5. The monoisotopic (exact) mass is 483 g/mol. The second-order valence-corrected chi connectivity index (χ2v) is 8.12. The lowest BCUT2D eigenvalue weighted by molar-refractivity contribution is 0.102. The largest absolute Gasteiger partial charge is 0.387 e. The van der Waals surface area contributed by atoms with Crippen molar-refractivity contribution in [1.82, 2.24) is 15.0 Å². The Morgan fingerprint density at radius 3 is 2.56 bits per heavy atom. The Morgan fingerprint density at radius 2 is 1.75 bits per heavy atom. The highest BCUT2D eigenvalue weighted by atomic mass is 19.1. The van der Waals surface area contributed by atoms with Crippen molar-refractivity contribution in [3.05, 3.63) is 112 Å². The third kappa shape index (κ3) is 4.59. The number of amides is 1. The molecule has 8 nitrogen and oxygen atoms in total. The molecule has 5 N–H and O–H groups in total. The Kier molecular flexibility index (Phi) is 6.29. The maximum absolute atomic E-state index is 14.1. The number of aromatic nitrogens is 3. The van der Waals surface area contributed by atoms with Gasteiger partial charge in [-0.2, -0.15) is 0 Å². The van der Waals surface area contributed by atoms with E-state index in [1.807, 2.05) is 30.3 Å². The maximum Gasteiger partial charge on any atom is 0.261 e. The van der Waals surface area contributed by atoms with Gasteiger partial charge < -0.3 is 25.7 Å².